The molecule has 0 aromatic heterocycles. The third kappa shape index (κ3) is 3.65. The van der Waals surface area contributed by atoms with E-state index in [1.165, 1.54) is 45.4 Å². The maximum atomic E-state index is 9.14. The molecule has 0 aromatic carbocycles. The number of rotatable bonds is 6. The van der Waals surface area contributed by atoms with Crippen LogP contribution in [0.3, 0.4) is 0 Å². The maximum Gasteiger partial charge on any atom is 0.0585 e. The molecule has 17 heavy (non-hydrogen) atoms. The van der Waals surface area contributed by atoms with Gasteiger partial charge in [0.15, 0.2) is 0 Å². The van der Waals surface area contributed by atoms with Crippen molar-refractivity contribution in [2.24, 2.45) is 0 Å². The zero-order chi connectivity index (χ0) is 12.1. The summed E-state index contributed by atoms with van der Waals surface area (Å²) in [6.45, 7) is 6.48. The zero-order valence-electron chi connectivity index (χ0n) is 11.1. The summed E-state index contributed by atoms with van der Waals surface area (Å²) in [5, 5.41) is 12.3. The smallest absolute Gasteiger partial charge is 0.0585 e. The Morgan fingerprint density at radius 1 is 1.29 bits per heavy atom. The molecule has 2 saturated heterocycles. The Labute approximate surface area is 105 Å². The van der Waals surface area contributed by atoms with Crippen LogP contribution in [0.4, 0.5) is 0 Å². The first kappa shape index (κ1) is 13.3. The lowest BCUT2D eigenvalue weighted by Crippen LogP contribution is -2.37. The molecule has 2 aliphatic heterocycles. The topological polar surface area (TPSA) is 38.7 Å². The van der Waals surface area contributed by atoms with Gasteiger partial charge in [-0.3, -0.25) is 4.90 Å². The normalized spacial score (nSPS) is 28.9. The summed E-state index contributed by atoms with van der Waals surface area (Å²) in [4.78, 5) is 5.23. The average Bonchev–Trinajstić information content (AvgIpc) is 3.01. The predicted octanol–water partition coefficient (Wildman–Crippen LogP) is 0.127. The Morgan fingerprint density at radius 2 is 2.06 bits per heavy atom. The summed E-state index contributed by atoms with van der Waals surface area (Å²) in [6, 6.07) is 1.07. The lowest BCUT2D eigenvalue weighted by molar-refractivity contribution is 0.208. The Morgan fingerprint density at radius 3 is 2.71 bits per heavy atom. The number of hydrogen-bond donors (Lipinski definition) is 2. The molecule has 4 nitrogen and oxygen atoms in total. The minimum absolute atomic E-state index is 0.250. The Hall–Kier alpha value is -0.160. The van der Waals surface area contributed by atoms with Crippen molar-refractivity contribution >= 4 is 0 Å². The van der Waals surface area contributed by atoms with Gasteiger partial charge in [0.05, 0.1) is 6.61 Å². The van der Waals surface area contributed by atoms with Crippen LogP contribution in [0.1, 0.15) is 25.7 Å². The van der Waals surface area contributed by atoms with Crippen LogP contribution in [0.15, 0.2) is 0 Å². The summed E-state index contributed by atoms with van der Waals surface area (Å²) >= 11 is 0. The van der Waals surface area contributed by atoms with Gasteiger partial charge in [0.2, 0.25) is 0 Å². The van der Waals surface area contributed by atoms with Crippen LogP contribution in [0.5, 0.6) is 0 Å². The minimum atomic E-state index is 0.250. The molecule has 2 fully saturated rings. The van der Waals surface area contributed by atoms with Crippen molar-refractivity contribution in [3.63, 3.8) is 0 Å². The zero-order valence-corrected chi connectivity index (χ0v) is 11.1. The van der Waals surface area contributed by atoms with Crippen molar-refractivity contribution in [3.8, 4) is 0 Å². The highest BCUT2D eigenvalue weighted by molar-refractivity contribution is 4.85. The Balaban J connectivity index is 1.67. The molecule has 100 valence electrons. The molecule has 2 aliphatic rings. The number of hydrogen-bond acceptors (Lipinski definition) is 4. The standard InChI is InChI=1S/C13H27N3O/c1-14-12(11-17)4-8-15-9-5-13(10-15)16-6-2-3-7-16/h12-14,17H,2-11H2,1H3. The summed E-state index contributed by atoms with van der Waals surface area (Å²) in [7, 11) is 1.93. The van der Waals surface area contributed by atoms with E-state index in [0.29, 0.717) is 0 Å². The molecule has 0 amide bonds. The molecule has 4 heteroatoms. The monoisotopic (exact) mass is 241 g/mol. The van der Waals surface area contributed by atoms with Crippen molar-refractivity contribution in [1.29, 1.82) is 0 Å². The number of nitrogens with one attached hydrogen (secondary N) is 1. The van der Waals surface area contributed by atoms with Crippen LogP contribution in [0, 0.1) is 0 Å². The van der Waals surface area contributed by atoms with Crippen LogP contribution in [0.25, 0.3) is 0 Å². The number of likely N-dealkylation sites (tertiary alicyclic amines) is 2. The SMILES string of the molecule is CNC(CO)CCN1CCC(N2CCCC2)C1. The molecule has 0 radical (unpaired) electrons. The van der Waals surface area contributed by atoms with Gasteiger partial charge in [-0.25, -0.2) is 0 Å². The largest absolute Gasteiger partial charge is 0.395 e. The van der Waals surface area contributed by atoms with Gasteiger partial charge in [0.25, 0.3) is 0 Å². The number of aliphatic hydroxyl groups is 1. The third-order valence-electron chi connectivity index (χ3n) is 4.33. The first-order valence-corrected chi connectivity index (χ1v) is 7.08. The van der Waals surface area contributed by atoms with E-state index in [4.69, 9.17) is 5.11 Å². The van der Waals surface area contributed by atoms with Gasteiger partial charge < -0.3 is 15.3 Å². The van der Waals surface area contributed by atoms with Crippen molar-refractivity contribution in [2.75, 3.05) is 46.4 Å². The molecule has 2 heterocycles. The highest BCUT2D eigenvalue weighted by Gasteiger charge is 2.28. The summed E-state index contributed by atoms with van der Waals surface area (Å²) in [5.74, 6) is 0. The summed E-state index contributed by atoms with van der Waals surface area (Å²) in [6.07, 6.45) is 5.18. The molecular formula is C13H27N3O. The maximum absolute atomic E-state index is 9.14. The first-order chi connectivity index (χ1) is 8.33. The van der Waals surface area contributed by atoms with Crippen molar-refractivity contribution < 1.29 is 5.11 Å². The molecule has 2 atom stereocenters. The van der Waals surface area contributed by atoms with E-state index < -0.39 is 0 Å². The van der Waals surface area contributed by atoms with Crippen LogP contribution >= 0.6 is 0 Å². The summed E-state index contributed by atoms with van der Waals surface area (Å²) in [5.41, 5.74) is 0. The van der Waals surface area contributed by atoms with Gasteiger partial charge >= 0.3 is 0 Å². The second-order valence-electron chi connectivity index (χ2n) is 5.44. The molecule has 0 saturated carbocycles. The van der Waals surface area contributed by atoms with Gasteiger partial charge in [-0.15, -0.1) is 0 Å². The Bertz CT molecular complexity index is 215. The van der Waals surface area contributed by atoms with E-state index in [1.807, 2.05) is 7.05 Å². The fourth-order valence-electron chi connectivity index (χ4n) is 3.09. The van der Waals surface area contributed by atoms with Crippen LogP contribution in [-0.2, 0) is 0 Å². The molecule has 2 rings (SSSR count). The van der Waals surface area contributed by atoms with E-state index in [1.54, 1.807) is 0 Å². The average molecular weight is 241 g/mol. The van der Waals surface area contributed by atoms with E-state index in [2.05, 4.69) is 15.1 Å². The Kier molecular flexibility index (Phi) is 5.22. The molecular weight excluding hydrogens is 214 g/mol. The summed E-state index contributed by atoms with van der Waals surface area (Å²) < 4.78 is 0. The molecule has 0 bridgehead atoms. The number of nitrogens with zero attached hydrogens (tertiary/aromatic N) is 2. The van der Waals surface area contributed by atoms with Crippen LogP contribution in [0.2, 0.25) is 0 Å². The van der Waals surface area contributed by atoms with Gasteiger partial charge in [-0.2, -0.15) is 0 Å². The molecule has 0 spiro atoms. The van der Waals surface area contributed by atoms with Crippen LogP contribution in [-0.4, -0.2) is 73.4 Å². The lowest BCUT2D eigenvalue weighted by Gasteiger charge is -2.24. The second-order valence-corrected chi connectivity index (χ2v) is 5.44. The van der Waals surface area contributed by atoms with Gasteiger partial charge in [-0.05, 0) is 58.9 Å². The van der Waals surface area contributed by atoms with Crippen LogP contribution < -0.4 is 5.32 Å². The molecule has 2 N–H and O–H groups in total. The quantitative estimate of drug-likeness (QED) is 0.693. The van der Waals surface area contributed by atoms with Crippen molar-refractivity contribution in [3.05, 3.63) is 0 Å². The van der Waals surface area contributed by atoms with E-state index in [9.17, 15) is 0 Å². The fourth-order valence-corrected chi connectivity index (χ4v) is 3.09. The number of aliphatic hydroxyl groups excluding tert-OH is 1. The van der Waals surface area contributed by atoms with Gasteiger partial charge in [0, 0.05) is 18.6 Å². The highest BCUT2D eigenvalue weighted by atomic mass is 16.3. The predicted molar refractivity (Wildman–Crippen MR) is 70.2 cm³/mol. The third-order valence-corrected chi connectivity index (χ3v) is 4.33. The highest BCUT2D eigenvalue weighted by Crippen LogP contribution is 2.20. The molecule has 2 unspecified atom stereocenters. The number of likely N-dealkylation sites (N-methyl/N-ethyl adjacent to an activating group) is 1. The molecule has 0 aliphatic carbocycles. The minimum Gasteiger partial charge on any atom is -0.395 e. The van der Waals surface area contributed by atoms with Crippen molar-refractivity contribution in [1.82, 2.24) is 15.1 Å². The molecule has 0 aromatic rings. The van der Waals surface area contributed by atoms with E-state index in [-0.39, 0.29) is 12.6 Å². The van der Waals surface area contributed by atoms with Gasteiger partial charge in [-0.1, -0.05) is 0 Å². The fraction of sp³-hybridized carbons (Fsp3) is 1.00. The van der Waals surface area contributed by atoms with Gasteiger partial charge in [0.1, 0.15) is 0 Å². The first-order valence-electron chi connectivity index (χ1n) is 7.08. The van der Waals surface area contributed by atoms with Crippen molar-refractivity contribution in [2.45, 2.75) is 37.8 Å². The lowest BCUT2D eigenvalue weighted by atomic mass is 10.2. The second kappa shape index (κ2) is 6.69. The van der Waals surface area contributed by atoms with E-state index in [0.717, 1.165) is 19.0 Å². The van der Waals surface area contributed by atoms with E-state index >= 15 is 0 Å².